The zero-order chi connectivity index (χ0) is 18.8. The van der Waals surface area contributed by atoms with E-state index in [0.29, 0.717) is 28.8 Å². The Morgan fingerprint density at radius 1 is 0.857 bits per heavy atom. The zero-order valence-corrected chi connectivity index (χ0v) is 15.0. The molecule has 142 valence electrons. The lowest BCUT2D eigenvalue weighted by Crippen LogP contribution is -2.26. The number of rotatable bonds is 2. The quantitative estimate of drug-likeness (QED) is 0.742. The summed E-state index contributed by atoms with van der Waals surface area (Å²) >= 11 is 0. The highest BCUT2D eigenvalue weighted by atomic mass is 16.7. The Balaban J connectivity index is 1.60. The molecule has 7 heteroatoms. The van der Waals surface area contributed by atoms with Gasteiger partial charge in [-0.25, -0.2) is 0 Å². The lowest BCUT2D eigenvalue weighted by Gasteiger charge is -2.31. The van der Waals surface area contributed by atoms with Gasteiger partial charge in [0, 0.05) is 17.1 Å². The average molecular weight is 380 g/mol. The van der Waals surface area contributed by atoms with Crippen LogP contribution < -0.4 is 18.9 Å². The monoisotopic (exact) mass is 380 g/mol. The van der Waals surface area contributed by atoms with E-state index in [1.807, 2.05) is 30.3 Å². The Morgan fingerprint density at radius 2 is 1.57 bits per heavy atom. The Kier molecular flexibility index (Phi) is 3.12. The van der Waals surface area contributed by atoms with Gasteiger partial charge in [-0.1, -0.05) is 6.07 Å². The Bertz CT molecular complexity index is 1050. The number of ether oxygens (including phenoxy) is 6. The molecule has 0 N–H and O–H groups in total. The van der Waals surface area contributed by atoms with Crippen molar-refractivity contribution >= 4 is 11.7 Å². The molecular formula is C21H16O7. The van der Waals surface area contributed by atoms with Crippen LogP contribution in [0.3, 0.4) is 0 Å². The minimum Gasteiger partial charge on any atom is -0.496 e. The third-order valence-electron chi connectivity index (χ3n) is 5.71. The number of fused-ring (bicyclic) bond motifs is 4. The number of benzene rings is 2. The Hall–Kier alpha value is -3.35. The van der Waals surface area contributed by atoms with Crippen LogP contribution in [0.5, 0.6) is 23.0 Å². The molecule has 1 saturated heterocycles. The molecule has 0 aromatic heterocycles. The SMILES string of the molecule is COC1=C2COC(=O)[C@@H]2[C@H](c2ccc3c(c2)OCO3)c2cc3c(cc21)OCO3. The second-order valence-electron chi connectivity index (χ2n) is 7.03. The zero-order valence-electron chi connectivity index (χ0n) is 15.0. The van der Waals surface area contributed by atoms with Crippen LogP contribution in [-0.2, 0) is 14.3 Å². The van der Waals surface area contributed by atoms with E-state index in [0.717, 1.165) is 22.3 Å². The number of cyclic esters (lactones) is 1. The van der Waals surface area contributed by atoms with Gasteiger partial charge >= 0.3 is 5.97 Å². The molecule has 7 nitrogen and oxygen atoms in total. The van der Waals surface area contributed by atoms with Gasteiger partial charge in [-0.2, -0.15) is 0 Å². The number of esters is 1. The molecule has 0 amide bonds. The molecule has 0 radical (unpaired) electrons. The van der Waals surface area contributed by atoms with Gasteiger partial charge in [0.2, 0.25) is 13.6 Å². The molecule has 0 spiro atoms. The number of hydrogen-bond acceptors (Lipinski definition) is 7. The fourth-order valence-corrected chi connectivity index (χ4v) is 4.50. The fraction of sp³-hybridized carbons (Fsp3) is 0.286. The Morgan fingerprint density at radius 3 is 2.36 bits per heavy atom. The minimum atomic E-state index is -0.455. The molecule has 6 rings (SSSR count). The first-order valence-electron chi connectivity index (χ1n) is 9.01. The largest absolute Gasteiger partial charge is 0.496 e. The number of methoxy groups -OCH3 is 1. The van der Waals surface area contributed by atoms with Crippen molar-refractivity contribution in [2.75, 3.05) is 27.3 Å². The first kappa shape index (κ1) is 15.7. The van der Waals surface area contributed by atoms with Gasteiger partial charge in [0.05, 0.1) is 13.0 Å². The van der Waals surface area contributed by atoms with E-state index in [1.165, 1.54) is 0 Å². The highest BCUT2D eigenvalue weighted by molar-refractivity contribution is 5.89. The van der Waals surface area contributed by atoms with Crippen molar-refractivity contribution in [1.29, 1.82) is 0 Å². The maximum absolute atomic E-state index is 12.7. The van der Waals surface area contributed by atoms with Gasteiger partial charge in [-0.05, 0) is 35.4 Å². The van der Waals surface area contributed by atoms with Gasteiger partial charge in [-0.15, -0.1) is 0 Å². The molecule has 3 aliphatic heterocycles. The third kappa shape index (κ3) is 2.01. The van der Waals surface area contributed by atoms with E-state index in [9.17, 15) is 4.79 Å². The predicted molar refractivity (Wildman–Crippen MR) is 95.4 cm³/mol. The van der Waals surface area contributed by atoms with Crippen LogP contribution in [0.4, 0.5) is 0 Å². The molecule has 0 bridgehead atoms. The number of carbonyl (C=O) groups excluding carboxylic acids is 1. The van der Waals surface area contributed by atoms with Gasteiger partial charge in [0.15, 0.2) is 23.0 Å². The van der Waals surface area contributed by atoms with Crippen LogP contribution in [-0.4, -0.2) is 33.3 Å². The van der Waals surface area contributed by atoms with Crippen molar-refractivity contribution in [2.45, 2.75) is 5.92 Å². The summed E-state index contributed by atoms with van der Waals surface area (Å²) in [6.45, 7) is 0.599. The van der Waals surface area contributed by atoms with Crippen LogP contribution in [0.1, 0.15) is 22.6 Å². The van der Waals surface area contributed by atoms with E-state index in [1.54, 1.807) is 7.11 Å². The van der Waals surface area contributed by atoms with Crippen molar-refractivity contribution in [3.8, 4) is 23.0 Å². The molecule has 2 aromatic rings. The first-order chi connectivity index (χ1) is 13.7. The standard InChI is InChI=1S/C21H16O7/c1-23-20-12-6-17-16(27-9-28-17)5-11(12)18(19-13(20)7-24-21(19)22)10-2-3-14-15(4-10)26-8-25-14/h2-6,18-19H,7-9H2,1H3/t18-,19+/m1/s1. The lowest BCUT2D eigenvalue weighted by atomic mass is 9.71. The summed E-state index contributed by atoms with van der Waals surface area (Å²) < 4.78 is 33.2. The van der Waals surface area contributed by atoms with Crippen LogP contribution in [0.2, 0.25) is 0 Å². The average Bonchev–Trinajstić information content (AvgIpc) is 3.44. The second-order valence-corrected chi connectivity index (χ2v) is 7.03. The van der Waals surface area contributed by atoms with Crippen molar-refractivity contribution in [1.82, 2.24) is 0 Å². The summed E-state index contributed by atoms with van der Waals surface area (Å²) in [6, 6.07) is 9.63. The summed E-state index contributed by atoms with van der Waals surface area (Å²) in [6.07, 6.45) is 0. The Labute approximate surface area is 160 Å². The smallest absolute Gasteiger partial charge is 0.314 e. The van der Waals surface area contributed by atoms with E-state index in [4.69, 9.17) is 28.4 Å². The summed E-state index contributed by atoms with van der Waals surface area (Å²) in [7, 11) is 1.61. The molecule has 4 aliphatic rings. The van der Waals surface area contributed by atoms with Gasteiger partial charge in [0.25, 0.3) is 0 Å². The number of hydrogen-bond donors (Lipinski definition) is 0. The van der Waals surface area contributed by atoms with Crippen molar-refractivity contribution in [3.05, 3.63) is 52.6 Å². The summed E-state index contributed by atoms with van der Waals surface area (Å²) in [5.41, 5.74) is 3.62. The van der Waals surface area contributed by atoms with Crippen LogP contribution in [0.25, 0.3) is 5.76 Å². The van der Waals surface area contributed by atoms with Gasteiger partial charge < -0.3 is 28.4 Å². The molecule has 2 atom stereocenters. The molecule has 1 aliphatic carbocycles. The van der Waals surface area contributed by atoms with Crippen LogP contribution in [0, 0.1) is 5.92 Å². The first-order valence-corrected chi connectivity index (χ1v) is 9.01. The van der Waals surface area contributed by atoms with Crippen molar-refractivity contribution < 1.29 is 33.2 Å². The summed E-state index contributed by atoms with van der Waals surface area (Å²) in [4.78, 5) is 12.7. The van der Waals surface area contributed by atoms with E-state index < -0.39 is 5.92 Å². The molecule has 0 saturated carbocycles. The number of carbonyl (C=O) groups is 1. The van der Waals surface area contributed by atoms with Crippen molar-refractivity contribution in [3.63, 3.8) is 0 Å². The molecule has 2 aromatic carbocycles. The molecule has 1 fully saturated rings. The summed E-state index contributed by atoms with van der Waals surface area (Å²) in [5, 5.41) is 0. The van der Waals surface area contributed by atoms with Crippen molar-refractivity contribution in [2.24, 2.45) is 5.92 Å². The second kappa shape index (κ2) is 5.58. The third-order valence-corrected chi connectivity index (χ3v) is 5.71. The molecule has 3 heterocycles. The summed E-state index contributed by atoms with van der Waals surface area (Å²) in [5.74, 6) is 2.42. The highest BCUT2D eigenvalue weighted by Gasteiger charge is 2.47. The van der Waals surface area contributed by atoms with E-state index in [2.05, 4.69) is 0 Å². The van der Waals surface area contributed by atoms with E-state index >= 15 is 0 Å². The molecular weight excluding hydrogens is 364 g/mol. The van der Waals surface area contributed by atoms with Gasteiger partial charge in [0.1, 0.15) is 12.4 Å². The normalized spacial score (nSPS) is 23.4. The molecule has 28 heavy (non-hydrogen) atoms. The van der Waals surface area contributed by atoms with Gasteiger partial charge in [-0.3, -0.25) is 4.79 Å². The highest BCUT2D eigenvalue weighted by Crippen LogP contribution is 2.53. The molecule has 0 unspecified atom stereocenters. The maximum Gasteiger partial charge on any atom is 0.314 e. The van der Waals surface area contributed by atoms with Crippen LogP contribution >= 0.6 is 0 Å². The maximum atomic E-state index is 12.7. The topological polar surface area (TPSA) is 72.5 Å². The minimum absolute atomic E-state index is 0.178. The predicted octanol–water partition coefficient (Wildman–Crippen LogP) is 2.82. The fourth-order valence-electron chi connectivity index (χ4n) is 4.50. The lowest BCUT2D eigenvalue weighted by molar-refractivity contribution is -0.141. The van der Waals surface area contributed by atoms with Crippen LogP contribution in [0.15, 0.2) is 35.9 Å². The van der Waals surface area contributed by atoms with E-state index in [-0.39, 0.29) is 32.1 Å².